The largest absolute Gasteiger partial charge is 0.381 e. The molecule has 6 heteroatoms. The van der Waals surface area contributed by atoms with Crippen LogP contribution in [0.3, 0.4) is 0 Å². The molecule has 1 fully saturated rings. The predicted octanol–water partition coefficient (Wildman–Crippen LogP) is 4.21. The number of aliphatic imine (C=N–C) groups is 1. The first-order valence-corrected chi connectivity index (χ1v) is 10.4. The molecule has 2 N–H and O–H groups in total. The van der Waals surface area contributed by atoms with Crippen LogP contribution in [-0.4, -0.2) is 32.3 Å². The van der Waals surface area contributed by atoms with Crippen LogP contribution in [0, 0.1) is 0 Å². The maximum Gasteiger partial charge on any atom is 0.191 e. The number of benzene rings is 1. The molecule has 0 bridgehead atoms. The molecule has 2 heterocycles. The highest BCUT2D eigenvalue weighted by atomic mass is 35.5. The third-order valence-electron chi connectivity index (χ3n) is 4.80. The molecule has 0 amide bonds. The topological polar surface area (TPSA) is 45.7 Å². The van der Waals surface area contributed by atoms with Crippen molar-refractivity contribution in [3.8, 4) is 0 Å². The molecule has 1 aliphatic heterocycles. The van der Waals surface area contributed by atoms with Crippen molar-refractivity contribution >= 4 is 28.9 Å². The van der Waals surface area contributed by atoms with Gasteiger partial charge >= 0.3 is 0 Å². The van der Waals surface area contributed by atoms with Crippen LogP contribution in [0.1, 0.15) is 30.2 Å². The number of guanidine groups is 1. The molecule has 0 atom stereocenters. The van der Waals surface area contributed by atoms with Gasteiger partial charge in [0.2, 0.25) is 0 Å². The zero-order chi connectivity index (χ0) is 18.2. The molecule has 1 aliphatic rings. The summed E-state index contributed by atoms with van der Waals surface area (Å²) in [6.45, 7) is 5.98. The fourth-order valence-corrected chi connectivity index (χ4v) is 4.12. The second kappa shape index (κ2) is 9.40. The molecular formula is C20H26ClN3OS. The smallest absolute Gasteiger partial charge is 0.191 e. The second-order valence-electron chi connectivity index (χ2n) is 6.53. The van der Waals surface area contributed by atoms with Crippen LogP contribution in [0.15, 0.2) is 46.8 Å². The van der Waals surface area contributed by atoms with E-state index in [1.807, 2.05) is 12.1 Å². The van der Waals surface area contributed by atoms with Crippen molar-refractivity contribution in [3.63, 3.8) is 0 Å². The van der Waals surface area contributed by atoms with Crippen LogP contribution in [-0.2, 0) is 16.7 Å². The lowest BCUT2D eigenvalue weighted by Crippen LogP contribution is -2.48. The van der Waals surface area contributed by atoms with Gasteiger partial charge in [0, 0.05) is 41.6 Å². The van der Waals surface area contributed by atoms with Gasteiger partial charge in [-0.25, -0.2) is 4.99 Å². The van der Waals surface area contributed by atoms with E-state index in [1.165, 1.54) is 10.4 Å². The van der Waals surface area contributed by atoms with Gasteiger partial charge in [-0.2, -0.15) is 0 Å². The van der Waals surface area contributed by atoms with E-state index in [0.717, 1.165) is 50.1 Å². The van der Waals surface area contributed by atoms with E-state index in [9.17, 15) is 0 Å². The van der Waals surface area contributed by atoms with Crippen LogP contribution in [0.5, 0.6) is 0 Å². The Hall–Kier alpha value is -1.56. The molecular weight excluding hydrogens is 366 g/mol. The van der Waals surface area contributed by atoms with Gasteiger partial charge in [-0.1, -0.05) is 29.8 Å². The van der Waals surface area contributed by atoms with Gasteiger partial charge in [-0.15, -0.1) is 11.3 Å². The monoisotopic (exact) mass is 391 g/mol. The summed E-state index contributed by atoms with van der Waals surface area (Å²) in [5, 5.41) is 9.78. The summed E-state index contributed by atoms with van der Waals surface area (Å²) in [7, 11) is 0. The molecule has 1 aromatic carbocycles. The van der Waals surface area contributed by atoms with Crippen molar-refractivity contribution in [2.24, 2.45) is 4.99 Å². The summed E-state index contributed by atoms with van der Waals surface area (Å²) >= 11 is 7.99. The van der Waals surface area contributed by atoms with E-state index in [2.05, 4.69) is 47.2 Å². The highest BCUT2D eigenvalue weighted by Crippen LogP contribution is 2.35. The van der Waals surface area contributed by atoms with Crippen LogP contribution in [0.25, 0.3) is 0 Å². The molecule has 26 heavy (non-hydrogen) atoms. The summed E-state index contributed by atoms with van der Waals surface area (Å²) < 4.78 is 5.62. The number of nitrogens with zero attached hydrogens (tertiary/aromatic N) is 1. The summed E-state index contributed by atoms with van der Waals surface area (Å²) in [5.41, 5.74) is 1.29. The summed E-state index contributed by atoms with van der Waals surface area (Å²) in [6, 6.07) is 12.4. The summed E-state index contributed by atoms with van der Waals surface area (Å²) in [4.78, 5) is 5.99. The molecule has 0 unspecified atom stereocenters. The maximum atomic E-state index is 6.26. The van der Waals surface area contributed by atoms with E-state index in [4.69, 9.17) is 21.3 Å². The molecule has 0 spiro atoms. The highest BCUT2D eigenvalue weighted by Gasteiger charge is 2.34. The van der Waals surface area contributed by atoms with Gasteiger partial charge in [0.1, 0.15) is 0 Å². The van der Waals surface area contributed by atoms with Crippen LogP contribution in [0.4, 0.5) is 0 Å². The minimum absolute atomic E-state index is 0.0161. The minimum atomic E-state index is 0.0161. The number of hydrogen-bond donors (Lipinski definition) is 2. The third-order valence-corrected chi connectivity index (χ3v) is 5.89. The van der Waals surface area contributed by atoms with E-state index >= 15 is 0 Å². The van der Waals surface area contributed by atoms with Gasteiger partial charge in [0.05, 0.1) is 6.54 Å². The molecule has 1 aromatic heterocycles. The van der Waals surface area contributed by atoms with Crippen LogP contribution < -0.4 is 10.6 Å². The zero-order valence-corrected chi connectivity index (χ0v) is 16.7. The van der Waals surface area contributed by atoms with E-state index in [0.29, 0.717) is 6.54 Å². The van der Waals surface area contributed by atoms with E-state index in [-0.39, 0.29) is 5.41 Å². The average molecular weight is 392 g/mol. The first-order valence-electron chi connectivity index (χ1n) is 9.10. The minimum Gasteiger partial charge on any atom is -0.381 e. The molecule has 3 rings (SSSR count). The lowest BCUT2D eigenvalue weighted by atomic mass is 9.74. The number of rotatable bonds is 6. The molecule has 2 aromatic rings. The standard InChI is InChI=1S/C20H26ClN3OS/c1-2-22-19(23-14-18-7-4-12-26-18)24-15-20(8-10-25-11-9-20)16-5-3-6-17(21)13-16/h3-7,12-13H,2,8-11,14-15H2,1H3,(H2,22,23,24). The van der Waals surface area contributed by atoms with E-state index < -0.39 is 0 Å². The highest BCUT2D eigenvalue weighted by molar-refractivity contribution is 7.09. The fraction of sp³-hybridized carbons (Fsp3) is 0.450. The van der Waals surface area contributed by atoms with Crippen molar-refractivity contribution in [1.29, 1.82) is 0 Å². The van der Waals surface area contributed by atoms with Crippen molar-refractivity contribution in [2.45, 2.75) is 31.7 Å². The van der Waals surface area contributed by atoms with Gasteiger partial charge in [0.15, 0.2) is 5.96 Å². The number of nitrogens with one attached hydrogen (secondary N) is 2. The first kappa shape index (κ1) is 19.2. The Morgan fingerprint density at radius 3 is 2.77 bits per heavy atom. The van der Waals surface area contributed by atoms with Crippen molar-refractivity contribution in [2.75, 3.05) is 26.3 Å². The quantitative estimate of drug-likeness (QED) is 0.572. The third kappa shape index (κ3) is 5.00. The maximum absolute atomic E-state index is 6.26. The fourth-order valence-electron chi connectivity index (χ4n) is 3.30. The van der Waals surface area contributed by atoms with Crippen molar-refractivity contribution < 1.29 is 4.74 Å². The van der Waals surface area contributed by atoms with Gasteiger partial charge in [-0.05, 0) is 48.9 Å². The Kier molecular flexibility index (Phi) is 6.94. The molecule has 0 radical (unpaired) electrons. The van der Waals surface area contributed by atoms with Crippen molar-refractivity contribution in [3.05, 3.63) is 57.2 Å². The second-order valence-corrected chi connectivity index (χ2v) is 8.00. The lowest BCUT2D eigenvalue weighted by Gasteiger charge is -2.38. The number of hydrogen-bond acceptors (Lipinski definition) is 3. The lowest BCUT2D eigenvalue weighted by molar-refractivity contribution is 0.0514. The Bertz CT molecular complexity index is 712. The molecule has 0 saturated carbocycles. The van der Waals surface area contributed by atoms with Crippen LogP contribution in [0.2, 0.25) is 5.02 Å². The normalized spacial score (nSPS) is 17.1. The van der Waals surface area contributed by atoms with E-state index in [1.54, 1.807) is 11.3 Å². The summed E-state index contributed by atoms with van der Waals surface area (Å²) in [6.07, 6.45) is 1.95. The summed E-state index contributed by atoms with van der Waals surface area (Å²) in [5.74, 6) is 0.855. The van der Waals surface area contributed by atoms with Crippen LogP contribution >= 0.6 is 22.9 Å². The zero-order valence-electron chi connectivity index (χ0n) is 15.1. The number of thiophene rings is 1. The number of ether oxygens (including phenoxy) is 1. The Balaban J connectivity index is 1.74. The Morgan fingerprint density at radius 2 is 2.08 bits per heavy atom. The predicted molar refractivity (Wildman–Crippen MR) is 110 cm³/mol. The number of halogens is 1. The molecule has 140 valence electrons. The molecule has 1 saturated heterocycles. The SMILES string of the molecule is CCNC(=NCc1cccs1)NCC1(c2cccc(Cl)c2)CCOCC1. The van der Waals surface area contributed by atoms with Crippen molar-refractivity contribution in [1.82, 2.24) is 10.6 Å². The van der Waals surface area contributed by atoms with Gasteiger partial charge in [-0.3, -0.25) is 0 Å². The average Bonchev–Trinajstić information content (AvgIpc) is 3.18. The molecule has 0 aliphatic carbocycles. The van der Waals surface area contributed by atoms with Gasteiger partial charge < -0.3 is 15.4 Å². The Labute approximate surface area is 164 Å². The molecule has 4 nitrogen and oxygen atoms in total. The Morgan fingerprint density at radius 1 is 1.23 bits per heavy atom. The van der Waals surface area contributed by atoms with Gasteiger partial charge in [0.25, 0.3) is 0 Å². The first-order chi connectivity index (χ1) is 12.7.